The first kappa shape index (κ1) is 19.2. The summed E-state index contributed by atoms with van der Waals surface area (Å²) in [5.74, 6) is 0.827. The van der Waals surface area contributed by atoms with Gasteiger partial charge in [0.05, 0.1) is 15.7 Å². The molecule has 1 heterocycles. The van der Waals surface area contributed by atoms with Crippen molar-refractivity contribution in [3.63, 3.8) is 0 Å². The molecule has 6 heteroatoms. The summed E-state index contributed by atoms with van der Waals surface area (Å²) in [6.07, 6.45) is 1.79. The zero-order valence-electron chi connectivity index (χ0n) is 13.9. The standard InChI is InChI=1S/C20H17BrCl2N2O/c21-16-5-7-20(26-13-14-4-6-18(22)19(23)9-14)15(10-16)11-24-12-17-3-1-2-8-25-17/h1-10,24H,11-13H2. The van der Waals surface area contributed by atoms with Crippen molar-refractivity contribution in [2.45, 2.75) is 19.7 Å². The second-order valence-corrected chi connectivity index (χ2v) is 7.44. The van der Waals surface area contributed by atoms with Gasteiger partial charge in [-0.15, -0.1) is 0 Å². The number of rotatable bonds is 7. The van der Waals surface area contributed by atoms with Crippen LogP contribution in [-0.2, 0) is 19.7 Å². The molecule has 134 valence electrons. The predicted octanol–water partition coefficient (Wildman–Crippen LogP) is 6.02. The van der Waals surface area contributed by atoms with Gasteiger partial charge in [-0.2, -0.15) is 0 Å². The Balaban J connectivity index is 1.64. The van der Waals surface area contributed by atoms with Crippen molar-refractivity contribution in [3.05, 3.63) is 92.1 Å². The third kappa shape index (κ3) is 5.45. The summed E-state index contributed by atoms with van der Waals surface area (Å²) in [6.45, 7) is 1.79. The van der Waals surface area contributed by atoms with Gasteiger partial charge in [0, 0.05) is 29.3 Å². The van der Waals surface area contributed by atoms with Crippen LogP contribution in [0.15, 0.2) is 65.3 Å². The Bertz CT molecular complexity index is 875. The van der Waals surface area contributed by atoms with E-state index in [9.17, 15) is 0 Å². The summed E-state index contributed by atoms with van der Waals surface area (Å²) >= 11 is 15.5. The van der Waals surface area contributed by atoms with Crippen LogP contribution in [-0.4, -0.2) is 4.98 Å². The summed E-state index contributed by atoms with van der Waals surface area (Å²) in [6, 6.07) is 17.4. The maximum absolute atomic E-state index is 6.06. The molecule has 1 aromatic heterocycles. The van der Waals surface area contributed by atoms with Gasteiger partial charge in [-0.25, -0.2) is 0 Å². The lowest BCUT2D eigenvalue weighted by molar-refractivity contribution is 0.302. The molecule has 0 fully saturated rings. The molecule has 3 nitrogen and oxygen atoms in total. The maximum Gasteiger partial charge on any atom is 0.124 e. The molecule has 0 amide bonds. The van der Waals surface area contributed by atoms with Gasteiger partial charge in [-0.3, -0.25) is 4.98 Å². The van der Waals surface area contributed by atoms with Crippen LogP contribution in [0.2, 0.25) is 10.0 Å². The molecule has 1 N–H and O–H groups in total. The number of pyridine rings is 1. The third-order valence-corrected chi connectivity index (χ3v) is 4.98. The fourth-order valence-corrected chi connectivity index (χ4v) is 3.17. The maximum atomic E-state index is 6.06. The molecule has 26 heavy (non-hydrogen) atoms. The van der Waals surface area contributed by atoms with E-state index in [1.54, 1.807) is 12.3 Å². The monoisotopic (exact) mass is 450 g/mol. The number of benzene rings is 2. The number of aromatic nitrogens is 1. The molecule has 2 aromatic carbocycles. The van der Waals surface area contributed by atoms with Gasteiger partial charge >= 0.3 is 0 Å². The molecule has 3 rings (SSSR count). The van der Waals surface area contributed by atoms with E-state index in [-0.39, 0.29) is 0 Å². The fraction of sp³-hybridized carbons (Fsp3) is 0.150. The largest absolute Gasteiger partial charge is 0.489 e. The lowest BCUT2D eigenvalue weighted by atomic mass is 10.2. The molecule has 0 unspecified atom stereocenters. The molecule has 0 atom stereocenters. The Morgan fingerprint density at radius 2 is 1.85 bits per heavy atom. The molecule has 0 aliphatic carbocycles. The van der Waals surface area contributed by atoms with Crippen molar-refractivity contribution in [1.29, 1.82) is 0 Å². The van der Waals surface area contributed by atoms with Crippen LogP contribution in [0.3, 0.4) is 0 Å². The van der Waals surface area contributed by atoms with Crippen LogP contribution < -0.4 is 10.1 Å². The van der Waals surface area contributed by atoms with E-state index in [4.69, 9.17) is 27.9 Å². The Labute approximate surface area is 171 Å². The van der Waals surface area contributed by atoms with Crippen LogP contribution in [0.4, 0.5) is 0 Å². The normalized spacial score (nSPS) is 10.7. The third-order valence-electron chi connectivity index (χ3n) is 3.75. The molecule has 0 spiro atoms. The highest BCUT2D eigenvalue weighted by molar-refractivity contribution is 9.10. The number of nitrogens with one attached hydrogen (secondary N) is 1. The van der Waals surface area contributed by atoms with Crippen molar-refractivity contribution in [3.8, 4) is 5.75 Å². The minimum atomic E-state index is 0.422. The molecule has 0 aliphatic heterocycles. The second kappa shape index (κ2) is 9.38. The van der Waals surface area contributed by atoms with Gasteiger partial charge in [-0.1, -0.05) is 51.3 Å². The van der Waals surface area contributed by atoms with E-state index in [0.717, 1.165) is 27.0 Å². The highest BCUT2D eigenvalue weighted by Gasteiger charge is 2.07. The summed E-state index contributed by atoms with van der Waals surface area (Å²) in [5.41, 5.74) is 3.03. The van der Waals surface area contributed by atoms with E-state index in [1.165, 1.54) is 0 Å². The van der Waals surface area contributed by atoms with Crippen molar-refractivity contribution < 1.29 is 4.74 Å². The average molecular weight is 452 g/mol. The van der Waals surface area contributed by atoms with E-state index in [1.807, 2.05) is 42.5 Å². The average Bonchev–Trinajstić information content (AvgIpc) is 2.65. The first-order valence-corrected chi connectivity index (χ1v) is 9.62. The number of ether oxygens (including phenoxy) is 1. The van der Waals surface area contributed by atoms with E-state index < -0.39 is 0 Å². The molecular weight excluding hydrogens is 435 g/mol. The van der Waals surface area contributed by atoms with Crippen molar-refractivity contribution in [2.75, 3.05) is 0 Å². The topological polar surface area (TPSA) is 34.1 Å². The SMILES string of the molecule is Clc1ccc(COc2ccc(Br)cc2CNCc2ccccn2)cc1Cl. The summed E-state index contributed by atoms with van der Waals surface area (Å²) in [7, 11) is 0. The van der Waals surface area contributed by atoms with Crippen molar-refractivity contribution >= 4 is 39.1 Å². The van der Waals surface area contributed by atoms with Gasteiger partial charge < -0.3 is 10.1 Å². The van der Waals surface area contributed by atoms with Gasteiger partial charge in [-0.05, 0) is 48.0 Å². The number of halogens is 3. The Morgan fingerprint density at radius 3 is 2.62 bits per heavy atom. The Morgan fingerprint density at radius 1 is 0.962 bits per heavy atom. The lowest BCUT2D eigenvalue weighted by Crippen LogP contribution is -2.14. The molecule has 0 saturated heterocycles. The predicted molar refractivity (Wildman–Crippen MR) is 110 cm³/mol. The van der Waals surface area contributed by atoms with Gasteiger partial charge in [0.25, 0.3) is 0 Å². The minimum absolute atomic E-state index is 0.422. The molecule has 0 radical (unpaired) electrons. The molecule has 0 saturated carbocycles. The van der Waals surface area contributed by atoms with Crippen LogP contribution in [0.5, 0.6) is 5.75 Å². The quantitative estimate of drug-likeness (QED) is 0.476. The molecule has 3 aromatic rings. The Hall–Kier alpha value is -1.59. The van der Waals surface area contributed by atoms with Crippen LogP contribution in [0, 0.1) is 0 Å². The van der Waals surface area contributed by atoms with E-state index >= 15 is 0 Å². The molecule has 0 bridgehead atoms. The highest BCUT2D eigenvalue weighted by atomic mass is 79.9. The molecule has 0 aliphatic rings. The minimum Gasteiger partial charge on any atom is -0.489 e. The number of hydrogen-bond donors (Lipinski definition) is 1. The van der Waals surface area contributed by atoms with E-state index in [2.05, 4.69) is 32.3 Å². The smallest absolute Gasteiger partial charge is 0.124 e. The summed E-state index contributed by atoms with van der Waals surface area (Å²) in [4.78, 5) is 4.31. The van der Waals surface area contributed by atoms with Crippen molar-refractivity contribution in [1.82, 2.24) is 10.3 Å². The van der Waals surface area contributed by atoms with Crippen LogP contribution >= 0.6 is 39.1 Å². The number of hydrogen-bond acceptors (Lipinski definition) is 3. The van der Waals surface area contributed by atoms with Gasteiger partial charge in [0.15, 0.2) is 0 Å². The first-order valence-electron chi connectivity index (χ1n) is 8.07. The highest BCUT2D eigenvalue weighted by Crippen LogP contribution is 2.26. The second-order valence-electron chi connectivity index (χ2n) is 5.71. The van der Waals surface area contributed by atoms with Gasteiger partial charge in [0.2, 0.25) is 0 Å². The fourth-order valence-electron chi connectivity index (χ4n) is 2.45. The van der Waals surface area contributed by atoms with Crippen molar-refractivity contribution in [2.24, 2.45) is 0 Å². The zero-order valence-corrected chi connectivity index (χ0v) is 17.0. The van der Waals surface area contributed by atoms with Crippen LogP contribution in [0.25, 0.3) is 0 Å². The van der Waals surface area contributed by atoms with E-state index in [0.29, 0.717) is 29.7 Å². The van der Waals surface area contributed by atoms with Crippen LogP contribution in [0.1, 0.15) is 16.8 Å². The summed E-state index contributed by atoms with van der Waals surface area (Å²) < 4.78 is 7.01. The molecular formula is C20H17BrCl2N2O. The number of nitrogens with zero attached hydrogens (tertiary/aromatic N) is 1. The lowest BCUT2D eigenvalue weighted by Gasteiger charge is -2.13. The Kier molecular flexibility index (Phi) is 6.92. The summed E-state index contributed by atoms with van der Waals surface area (Å²) in [5, 5.41) is 4.47. The zero-order chi connectivity index (χ0) is 18.4. The van der Waals surface area contributed by atoms with Gasteiger partial charge in [0.1, 0.15) is 12.4 Å². The first-order chi connectivity index (χ1) is 12.6.